The average molecular weight is 471 g/mol. The fraction of sp³-hybridized carbons (Fsp3) is 0.520. The van der Waals surface area contributed by atoms with Crippen LogP contribution >= 0.6 is 11.6 Å². The van der Waals surface area contributed by atoms with Crippen LogP contribution in [0.1, 0.15) is 56.7 Å². The predicted molar refractivity (Wildman–Crippen MR) is 123 cm³/mol. The molecule has 7 heteroatoms. The van der Waals surface area contributed by atoms with Crippen LogP contribution in [-0.2, 0) is 21.7 Å². The normalized spacial score (nSPS) is 22.9. The molecule has 1 fully saturated rings. The van der Waals surface area contributed by atoms with Gasteiger partial charge in [0.25, 0.3) is 0 Å². The number of rotatable bonds is 8. The highest BCUT2D eigenvalue weighted by Gasteiger charge is 2.44. The lowest BCUT2D eigenvalue weighted by Gasteiger charge is -2.42. The first-order chi connectivity index (χ1) is 15.3. The van der Waals surface area contributed by atoms with E-state index >= 15 is 0 Å². The van der Waals surface area contributed by atoms with E-state index in [9.17, 15) is 13.9 Å². The van der Waals surface area contributed by atoms with Crippen molar-refractivity contribution in [3.05, 3.63) is 64.2 Å². The SMILES string of the molecule is CC.CCOc1ccc(Cc2cc([C@@]3(OC)CC(O)CC(CC(F)F)O3)ccc2Cl)cc1. The van der Waals surface area contributed by atoms with Crippen molar-refractivity contribution in [1.29, 1.82) is 0 Å². The third-order valence-corrected chi connectivity index (χ3v) is 5.65. The van der Waals surface area contributed by atoms with Gasteiger partial charge in [0.1, 0.15) is 5.75 Å². The molecule has 32 heavy (non-hydrogen) atoms. The van der Waals surface area contributed by atoms with Crippen LogP contribution in [-0.4, -0.2) is 37.5 Å². The molecule has 1 saturated heterocycles. The molecule has 1 heterocycles. The highest BCUT2D eigenvalue weighted by Crippen LogP contribution is 2.41. The molecule has 0 amide bonds. The van der Waals surface area contributed by atoms with Gasteiger partial charge in [-0.15, -0.1) is 0 Å². The summed E-state index contributed by atoms with van der Waals surface area (Å²) in [5, 5.41) is 10.9. The number of halogens is 3. The molecule has 178 valence electrons. The van der Waals surface area contributed by atoms with E-state index in [1.165, 1.54) is 7.11 Å². The highest BCUT2D eigenvalue weighted by molar-refractivity contribution is 6.31. The van der Waals surface area contributed by atoms with Gasteiger partial charge in [-0.05, 0) is 48.7 Å². The molecular weight excluding hydrogens is 438 g/mol. The molecule has 0 bridgehead atoms. The summed E-state index contributed by atoms with van der Waals surface area (Å²) in [6.07, 6.45) is -3.67. The summed E-state index contributed by atoms with van der Waals surface area (Å²) in [4.78, 5) is 0. The number of hydrogen-bond acceptors (Lipinski definition) is 4. The number of methoxy groups -OCH3 is 1. The lowest BCUT2D eigenvalue weighted by atomic mass is 9.90. The van der Waals surface area contributed by atoms with Gasteiger partial charge in [0.05, 0.1) is 18.8 Å². The summed E-state index contributed by atoms with van der Waals surface area (Å²) in [5.41, 5.74) is 2.54. The van der Waals surface area contributed by atoms with Crippen LogP contribution < -0.4 is 4.74 Å². The summed E-state index contributed by atoms with van der Waals surface area (Å²) in [6, 6.07) is 13.1. The Morgan fingerprint density at radius 2 is 1.88 bits per heavy atom. The maximum atomic E-state index is 12.9. The Kier molecular flexibility index (Phi) is 10.4. The van der Waals surface area contributed by atoms with Crippen LogP contribution in [0.2, 0.25) is 5.02 Å². The Bertz CT molecular complexity index is 829. The molecule has 2 aromatic carbocycles. The number of benzene rings is 2. The van der Waals surface area contributed by atoms with Crippen LogP contribution in [0.25, 0.3) is 0 Å². The first kappa shape index (κ1) is 26.5. The first-order valence-electron chi connectivity index (χ1n) is 11.0. The van der Waals surface area contributed by atoms with Gasteiger partial charge in [-0.2, -0.15) is 0 Å². The molecule has 3 rings (SSSR count). The van der Waals surface area contributed by atoms with Crippen LogP contribution in [0, 0.1) is 0 Å². The summed E-state index contributed by atoms with van der Waals surface area (Å²) >= 11 is 6.43. The molecule has 0 aliphatic carbocycles. The molecule has 0 spiro atoms. The van der Waals surface area contributed by atoms with Crippen molar-refractivity contribution in [2.24, 2.45) is 0 Å². The molecule has 0 radical (unpaired) electrons. The Labute approximate surface area is 194 Å². The Balaban J connectivity index is 0.00000176. The molecule has 2 aromatic rings. The van der Waals surface area contributed by atoms with Gasteiger partial charge in [-0.1, -0.05) is 43.6 Å². The van der Waals surface area contributed by atoms with E-state index in [2.05, 4.69) is 0 Å². The lowest BCUT2D eigenvalue weighted by molar-refractivity contribution is -0.298. The van der Waals surface area contributed by atoms with E-state index in [1.807, 2.05) is 51.1 Å². The fourth-order valence-electron chi connectivity index (χ4n) is 3.88. The van der Waals surface area contributed by atoms with E-state index in [-0.39, 0.29) is 12.8 Å². The van der Waals surface area contributed by atoms with Crippen molar-refractivity contribution in [3.63, 3.8) is 0 Å². The maximum absolute atomic E-state index is 12.9. The molecular formula is C25H33ClF2O4. The minimum atomic E-state index is -2.52. The largest absolute Gasteiger partial charge is 0.494 e. The summed E-state index contributed by atoms with van der Waals surface area (Å²) < 4.78 is 42.9. The van der Waals surface area contributed by atoms with Gasteiger partial charge in [0.15, 0.2) is 5.79 Å². The van der Waals surface area contributed by atoms with E-state index in [0.29, 0.717) is 23.6 Å². The van der Waals surface area contributed by atoms with Crippen LogP contribution in [0.15, 0.2) is 42.5 Å². The van der Waals surface area contributed by atoms with E-state index in [4.69, 9.17) is 25.8 Å². The molecule has 1 aliphatic rings. The standard InChI is InChI=1S/C23H27ClF2O4.C2H6/c1-3-29-19-7-4-15(5-8-19)10-16-11-17(6-9-21(16)24)23(28-2)14-18(27)12-20(30-23)13-22(25)26;1-2/h4-9,11,18,20,22,27H,3,10,12-14H2,1-2H3;1-2H3/t18?,20?,23-;/m1./s1. The van der Waals surface area contributed by atoms with Crippen molar-refractivity contribution in [2.75, 3.05) is 13.7 Å². The molecule has 2 unspecified atom stereocenters. The zero-order chi connectivity index (χ0) is 23.7. The van der Waals surface area contributed by atoms with Crippen molar-refractivity contribution in [3.8, 4) is 5.75 Å². The number of ether oxygens (including phenoxy) is 3. The minimum absolute atomic E-state index is 0.155. The Morgan fingerprint density at radius 1 is 1.19 bits per heavy atom. The average Bonchev–Trinajstić information content (AvgIpc) is 2.77. The molecule has 1 N–H and O–H groups in total. The van der Waals surface area contributed by atoms with Crippen molar-refractivity contribution < 1.29 is 28.1 Å². The molecule has 3 atom stereocenters. The number of aliphatic hydroxyl groups is 1. The van der Waals surface area contributed by atoms with Crippen LogP contribution in [0.5, 0.6) is 5.75 Å². The zero-order valence-electron chi connectivity index (χ0n) is 19.1. The topological polar surface area (TPSA) is 47.9 Å². The Morgan fingerprint density at radius 3 is 2.47 bits per heavy atom. The van der Waals surface area contributed by atoms with E-state index in [1.54, 1.807) is 12.1 Å². The number of alkyl halides is 2. The monoisotopic (exact) mass is 470 g/mol. The van der Waals surface area contributed by atoms with Gasteiger partial charge in [-0.25, -0.2) is 8.78 Å². The maximum Gasteiger partial charge on any atom is 0.241 e. The van der Waals surface area contributed by atoms with Crippen molar-refractivity contribution in [2.45, 2.75) is 70.9 Å². The highest BCUT2D eigenvalue weighted by atomic mass is 35.5. The summed E-state index contributed by atoms with van der Waals surface area (Å²) in [7, 11) is 1.46. The smallest absolute Gasteiger partial charge is 0.241 e. The van der Waals surface area contributed by atoms with Crippen molar-refractivity contribution in [1.82, 2.24) is 0 Å². The van der Waals surface area contributed by atoms with Gasteiger partial charge in [0.2, 0.25) is 6.43 Å². The summed E-state index contributed by atoms with van der Waals surface area (Å²) in [5.74, 6) is -0.496. The lowest BCUT2D eigenvalue weighted by Crippen LogP contribution is -2.46. The minimum Gasteiger partial charge on any atom is -0.494 e. The second kappa shape index (κ2) is 12.5. The van der Waals surface area contributed by atoms with Crippen molar-refractivity contribution >= 4 is 11.6 Å². The third kappa shape index (κ3) is 6.88. The molecule has 0 saturated carbocycles. The molecule has 1 aliphatic heterocycles. The number of aliphatic hydroxyl groups excluding tert-OH is 1. The van der Waals surface area contributed by atoms with Crippen LogP contribution in [0.4, 0.5) is 8.78 Å². The number of hydrogen-bond donors (Lipinski definition) is 1. The quantitative estimate of drug-likeness (QED) is 0.488. The van der Waals surface area contributed by atoms with Gasteiger partial charge in [-0.3, -0.25) is 0 Å². The third-order valence-electron chi connectivity index (χ3n) is 5.28. The fourth-order valence-corrected chi connectivity index (χ4v) is 4.06. The molecule has 0 aromatic heterocycles. The second-order valence-corrected chi connectivity index (χ2v) is 7.88. The van der Waals surface area contributed by atoms with Crippen LogP contribution in [0.3, 0.4) is 0 Å². The van der Waals surface area contributed by atoms with Gasteiger partial charge >= 0.3 is 0 Å². The van der Waals surface area contributed by atoms with Gasteiger partial charge < -0.3 is 19.3 Å². The first-order valence-corrected chi connectivity index (χ1v) is 11.4. The predicted octanol–water partition coefficient (Wildman–Crippen LogP) is 6.35. The van der Waals surface area contributed by atoms with E-state index < -0.39 is 30.8 Å². The molecule has 4 nitrogen and oxygen atoms in total. The van der Waals surface area contributed by atoms with E-state index in [0.717, 1.165) is 16.9 Å². The second-order valence-electron chi connectivity index (χ2n) is 7.48. The Hall–Kier alpha value is -1.73. The summed E-state index contributed by atoms with van der Waals surface area (Å²) in [6.45, 7) is 6.53. The van der Waals surface area contributed by atoms with Gasteiger partial charge in [0, 0.05) is 37.0 Å². The zero-order valence-corrected chi connectivity index (χ0v) is 19.9.